The molecule has 1 N–H and O–H groups in total. The number of amides is 1. The molecular weight excluding hydrogens is 344 g/mol. The Balaban J connectivity index is 1.92. The van der Waals surface area contributed by atoms with Crippen molar-refractivity contribution in [2.75, 3.05) is 5.32 Å². The van der Waals surface area contributed by atoms with Crippen molar-refractivity contribution in [2.24, 2.45) is 0 Å². The number of nitrogens with one attached hydrogen (secondary N) is 1. The van der Waals surface area contributed by atoms with E-state index in [1.807, 2.05) is 6.07 Å². The lowest BCUT2D eigenvalue weighted by Crippen LogP contribution is -2.11. The predicted molar refractivity (Wildman–Crippen MR) is 91.3 cm³/mol. The molecule has 0 spiro atoms. The van der Waals surface area contributed by atoms with E-state index >= 15 is 0 Å². The fourth-order valence-corrected chi connectivity index (χ4v) is 3.28. The van der Waals surface area contributed by atoms with E-state index in [1.54, 1.807) is 25.1 Å². The van der Waals surface area contributed by atoms with Gasteiger partial charge in [0.05, 0.1) is 22.9 Å². The average molecular weight is 355 g/mol. The number of nitrogens with zero attached hydrogens (tertiary/aromatic N) is 2. The lowest BCUT2D eigenvalue weighted by atomic mass is 10.2. The van der Waals surface area contributed by atoms with Gasteiger partial charge < -0.3 is 5.32 Å². The molecule has 0 aliphatic rings. The van der Waals surface area contributed by atoms with E-state index in [0.29, 0.717) is 16.9 Å². The van der Waals surface area contributed by atoms with Crippen molar-refractivity contribution in [2.45, 2.75) is 6.92 Å². The molecule has 7 heteroatoms. The first-order chi connectivity index (χ1) is 12.0. The third-order valence-electron chi connectivity index (χ3n) is 3.43. The standard InChI is InChI=1S/C18H11F2N3OS/c1-10-16(17(24)23-12-5-2-4-11(8-12)9-21)25-18(22-10)15-13(19)6-3-7-14(15)20/h2-8H,1H3,(H,23,24). The maximum atomic E-state index is 13.9. The van der Waals surface area contributed by atoms with E-state index in [2.05, 4.69) is 10.3 Å². The Kier molecular flexibility index (Phi) is 4.55. The number of aromatic nitrogens is 1. The van der Waals surface area contributed by atoms with Crippen LogP contribution in [0.3, 0.4) is 0 Å². The Hall–Kier alpha value is -3.11. The van der Waals surface area contributed by atoms with Crippen molar-refractivity contribution in [3.05, 3.63) is 70.2 Å². The van der Waals surface area contributed by atoms with Crippen LogP contribution >= 0.6 is 11.3 Å². The second-order valence-corrected chi connectivity index (χ2v) is 6.18. The highest BCUT2D eigenvalue weighted by Gasteiger charge is 2.20. The maximum absolute atomic E-state index is 13.9. The second-order valence-electron chi connectivity index (χ2n) is 5.18. The predicted octanol–water partition coefficient (Wildman–Crippen LogP) is 4.52. The molecule has 0 saturated carbocycles. The van der Waals surface area contributed by atoms with Crippen LogP contribution in [0.15, 0.2) is 42.5 Å². The van der Waals surface area contributed by atoms with Crippen LogP contribution in [-0.4, -0.2) is 10.9 Å². The minimum atomic E-state index is -0.734. The summed E-state index contributed by atoms with van der Waals surface area (Å²) >= 11 is 0.910. The molecule has 1 aromatic heterocycles. The summed E-state index contributed by atoms with van der Waals surface area (Å²) in [5.74, 6) is -1.92. The van der Waals surface area contributed by atoms with Crippen molar-refractivity contribution in [1.29, 1.82) is 5.26 Å². The molecule has 2 aromatic carbocycles. The van der Waals surface area contributed by atoms with E-state index in [1.165, 1.54) is 12.1 Å². The Labute approximate surface area is 146 Å². The lowest BCUT2D eigenvalue weighted by Gasteiger charge is -2.04. The highest BCUT2D eigenvalue weighted by molar-refractivity contribution is 7.17. The summed E-state index contributed by atoms with van der Waals surface area (Å²) in [4.78, 5) is 16.8. The summed E-state index contributed by atoms with van der Waals surface area (Å²) in [7, 11) is 0. The zero-order chi connectivity index (χ0) is 18.0. The number of anilines is 1. The molecule has 0 radical (unpaired) electrons. The number of thiazole rings is 1. The van der Waals surface area contributed by atoms with Crippen molar-refractivity contribution in [3.8, 4) is 16.6 Å². The minimum absolute atomic E-state index is 0.101. The molecule has 0 aliphatic carbocycles. The Morgan fingerprint density at radius 3 is 2.56 bits per heavy atom. The van der Waals surface area contributed by atoms with Gasteiger partial charge in [0.1, 0.15) is 21.5 Å². The summed E-state index contributed by atoms with van der Waals surface area (Å²) in [6.45, 7) is 1.60. The van der Waals surface area contributed by atoms with Crippen LogP contribution in [0, 0.1) is 29.9 Å². The summed E-state index contributed by atoms with van der Waals surface area (Å²) in [5, 5.41) is 11.7. The van der Waals surface area contributed by atoms with Crippen molar-refractivity contribution < 1.29 is 13.6 Å². The highest BCUT2D eigenvalue weighted by Crippen LogP contribution is 2.32. The van der Waals surface area contributed by atoms with Gasteiger partial charge in [-0.25, -0.2) is 13.8 Å². The van der Waals surface area contributed by atoms with Crippen molar-refractivity contribution in [3.63, 3.8) is 0 Å². The summed E-state index contributed by atoms with van der Waals surface area (Å²) in [6.07, 6.45) is 0. The smallest absolute Gasteiger partial charge is 0.267 e. The molecule has 3 rings (SSSR count). The monoisotopic (exact) mass is 355 g/mol. The Morgan fingerprint density at radius 1 is 1.20 bits per heavy atom. The molecular formula is C18H11F2N3OS. The molecule has 4 nitrogen and oxygen atoms in total. The van der Waals surface area contributed by atoms with Crippen LogP contribution < -0.4 is 5.32 Å². The number of hydrogen-bond acceptors (Lipinski definition) is 4. The molecule has 0 aliphatic heterocycles. The summed E-state index contributed by atoms with van der Waals surface area (Å²) in [6, 6.07) is 12.0. The largest absolute Gasteiger partial charge is 0.321 e. The number of carbonyl (C=O) groups is 1. The van der Waals surface area contributed by atoms with Gasteiger partial charge in [0.25, 0.3) is 5.91 Å². The van der Waals surface area contributed by atoms with E-state index in [0.717, 1.165) is 23.5 Å². The molecule has 0 unspecified atom stereocenters. The zero-order valence-electron chi connectivity index (χ0n) is 13.0. The number of halogens is 2. The van der Waals surface area contributed by atoms with E-state index in [9.17, 15) is 13.6 Å². The summed E-state index contributed by atoms with van der Waals surface area (Å²) < 4.78 is 27.8. The van der Waals surface area contributed by atoms with Crippen LogP contribution in [0.4, 0.5) is 14.5 Å². The third kappa shape index (κ3) is 3.39. The first kappa shape index (κ1) is 16.7. The van der Waals surface area contributed by atoms with Gasteiger partial charge in [0.2, 0.25) is 0 Å². The van der Waals surface area contributed by atoms with E-state index in [-0.39, 0.29) is 15.4 Å². The average Bonchev–Trinajstić information content (AvgIpc) is 2.96. The van der Waals surface area contributed by atoms with Gasteiger partial charge in [-0.15, -0.1) is 11.3 Å². The summed E-state index contributed by atoms with van der Waals surface area (Å²) in [5.41, 5.74) is 0.987. The van der Waals surface area contributed by atoms with Gasteiger partial charge in [-0.2, -0.15) is 5.26 Å². The van der Waals surface area contributed by atoms with Gasteiger partial charge in [-0.05, 0) is 37.3 Å². The van der Waals surface area contributed by atoms with Crippen LogP contribution in [0.2, 0.25) is 0 Å². The van der Waals surface area contributed by atoms with Gasteiger partial charge in [0.15, 0.2) is 0 Å². The quantitative estimate of drug-likeness (QED) is 0.751. The first-order valence-electron chi connectivity index (χ1n) is 7.23. The molecule has 3 aromatic rings. The molecule has 0 saturated heterocycles. The minimum Gasteiger partial charge on any atom is -0.321 e. The van der Waals surface area contributed by atoms with Gasteiger partial charge in [0, 0.05) is 5.69 Å². The van der Waals surface area contributed by atoms with Gasteiger partial charge in [-0.3, -0.25) is 4.79 Å². The number of carbonyl (C=O) groups excluding carboxylic acids is 1. The fourth-order valence-electron chi connectivity index (χ4n) is 2.27. The number of aryl methyl sites for hydroxylation is 1. The maximum Gasteiger partial charge on any atom is 0.267 e. The lowest BCUT2D eigenvalue weighted by molar-refractivity contribution is 0.103. The normalized spacial score (nSPS) is 10.3. The van der Waals surface area contributed by atoms with Crippen molar-refractivity contribution >= 4 is 22.9 Å². The van der Waals surface area contributed by atoms with Gasteiger partial charge >= 0.3 is 0 Å². The molecule has 0 atom stereocenters. The SMILES string of the molecule is Cc1nc(-c2c(F)cccc2F)sc1C(=O)Nc1cccc(C#N)c1. The molecule has 1 amide bonds. The third-order valence-corrected chi connectivity index (χ3v) is 4.60. The van der Waals surface area contributed by atoms with E-state index in [4.69, 9.17) is 5.26 Å². The topological polar surface area (TPSA) is 65.8 Å². The van der Waals surface area contributed by atoms with Crippen molar-refractivity contribution in [1.82, 2.24) is 4.98 Å². The van der Waals surface area contributed by atoms with Crippen LogP contribution in [0.25, 0.3) is 10.6 Å². The molecule has 124 valence electrons. The molecule has 0 fully saturated rings. The fraction of sp³-hybridized carbons (Fsp3) is 0.0556. The van der Waals surface area contributed by atoms with Crippen LogP contribution in [-0.2, 0) is 0 Å². The van der Waals surface area contributed by atoms with E-state index < -0.39 is 17.5 Å². The highest BCUT2D eigenvalue weighted by atomic mass is 32.1. The first-order valence-corrected chi connectivity index (χ1v) is 8.04. The Bertz CT molecular complexity index is 988. The molecule has 0 bridgehead atoms. The molecule has 1 heterocycles. The molecule has 25 heavy (non-hydrogen) atoms. The number of hydrogen-bond donors (Lipinski definition) is 1. The number of nitriles is 1. The van der Waals surface area contributed by atoms with Crippen LogP contribution in [0.5, 0.6) is 0 Å². The second kappa shape index (κ2) is 6.79. The number of benzene rings is 2. The Morgan fingerprint density at radius 2 is 1.88 bits per heavy atom. The van der Waals surface area contributed by atoms with Crippen LogP contribution in [0.1, 0.15) is 20.9 Å². The number of rotatable bonds is 3. The zero-order valence-corrected chi connectivity index (χ0v) is 13.8. The van der Waals surface area contributed by atoms with Gasteiger partial charge in [-0.1, -0.05) is 12.1 Å².